The van der Waals surface area contributed by atoms with Crippen LogP contribution in [0.2, 0.25) is 0 Å². The number of carbonyl (C=O) groups is 2. The number of amides is 1. The second-order valence-electron chi connectivity index (χ2n) is 7.12. The molecular weight excluding hydrogens is 384 g/mol. The number of para-hydroxylation sites is 1. The number of benzene rings is 1. The summed E-state index contributed by atoms with van der Waals surface area (Å²) in [4.78, 5) is 31.9. The van der Waals surface area contributed by atoms with E-state index in [0.29, 0.717) is 28.8 Å². The number of ether oxygens (including phenoxy) is 1. The van der Waals surface area contributed by atoms with Crippen LogP contribution in [0.15, 0.2) is 64.5 Å². The van der Waals surface area contributed by atoms with Gasteiger partial charge in [-0.3, -0.25) is 14.6 Å². The lowest BCUT2D eigenvalue weighted by Gasteiger charge is -2.26. The van der Waals surface area contributed by atoms with E-state index >= 15 is 0 Å². The maximum Gasteiger partial charge on any atom is 0.290 e. The number of ketones is 1. The Bertz CT molecular complexity index is 1130. The number of hydrogen-bond donors (Lipinski definition) is 1. The SMILES string of the molecule is CCCCN1C(=O)C(O)=C(C(=O)c2cc3cccc(OC)c3o2)C1c1cccnc1. The summed E-state index contributed by atoms with van der Waals surface area (Å²) in [6.45, 7) is 2.43. The zero-order valence-electron chi connectivity index (χ0n) is 16.8. The molecule has 1 amide bonds. The van der Waals surface area contributed by atoms with Crippen molar-refractivity contribution in [1.29, 1.82) is 0 Å². The number of furan rings is 1. The highest BCUT2D eigenvalue weighted by atomic mass is 16.5. The first kappa shape index (κ1) is 19.7. The average molecular weight is 406 g/mol. The van der Waals surface area contributed by atoms with Crippen molar-refractivity contribution in [2.24, 2.45) is 0 Å². The number of unbranched alkanes of at least 4 members (excludes halogenated alkanes) is 1. The fraction of sp³-hybridized carbons (Fsp3) is 0.261. The van der Waals surface area contributed by atoms with Crippen LogP contribution >= 0.6 is 0 Å². The van der Waals surface area contributed by atoms with Crippen LogP contribution in [0.4, 0.5) is 0 Å². The number of aliphatic hydroxyl groups is 1. The summed E-state index contributed by atoms with van der Waals surface area (Å²) in [6.07, 6.45) is 4.84. The molecule has 4 rings (SSSR count). The number of rotatable bonds is 7. The summed E-state index contributed by atoms with van der Waals surface area (Å²) < 4.78 is 11.1. The molecular formula is C23H22N2O5. The zero-order chi connectivity index (χ0) is 21.3. The van der Waals surface area contributed by atoms with E-state index in [9.17, 15) is 14.7 Å². The summed E-state index contributed by atoms with van der Waals surface area (Å²) in [5.74, 6) is -1.10. The Hall–Kier alpha value is -3.61. The topological polar surface area (TPSA) is 92.9 Å². The van der Waals surface area contributed by atoms with E-state index < -0.39 is 23.5 Å². The average Bonchev–Trinajstić information content (AvgIpc) is 3.32. The molecule has 0 saturated heterocycles. The molecule has 154 valence electrons. The fourth-order valence-corrected chi connectivity index (χ4v) is 3.77. The molecule has 1 aliphatic rings. The van der Waals surface area contributed by atoms with E-state index in [1.807, 2.05) is 6.92 Å². The molecule has 30 heavy (non-hydrogen) atoms. The van der Waals surface area contributed by atoms with Crippen molar-refractivity contribution in [2.75, 3.05) is 13.7 Å². The minimum absolute atomic E-state index is 0.00197. The lowest BCUT2D eigenvalue weighted by molar-refractivity contribution is -0.129. The summed E-state index contributed by atoms with van der Waals surface area (Å²) in [7, 11) is 1.52. The van der Waals surface area contributed by atoms with E-state index in [2.05, 4.69) is 4.98 Å². The predicted molar refractivity (Wildman–Crippen MR) is 110 cm³/mol. The van der Waals surface area contributed by atoms with Crippen LogP contribution in [0.25, 0.3) is 11.0 Å². The zero-order valence-corrected chi connectivity index (χ0v) is 16.8. The van der Waals surface area contributed by atoms with Crippen LogP contribution in [0.5, 0.6) is 5.75 Å². The van der Waals surface area contributed by atoms with E-state index in [0.717, 1.165) is 12.8 Å². The van der Waals surface area contributed by atoms with E-state index in [1.54, 1.807) is 48.8 Å². The van der Waals surface area contributed by atoms with Crippen molar-refractivity contribution in [2.45, 2.75) is 25.8 Å². The van der Waals surface area contributed by atoms with Gasteiger partial charge in [0.25, 0.3) is 5.91 Å². The molecule has 1 atom stereocenters. The summed E-state index contributed by atoms with van der Waals surface area (Å²) >= 11 is 0. The number of aliphatic hydroxyl groups excluding tert-OH is 1. The van der Waals surface area contributed by atoms with Gasteiger partial charge in [0.1, 0.15) is 0 Å². The molecule has 0 radical (unpaired) electrons. The van der Waals surface area contributed by atoms with Gasteiger partial charge < -0.3 is 19.2 Å². The van der Waals surface area contributed by atoms with Gasteiger partial charge in [-0.25, -0.2) is 0 Å². The fourth-order valence-electron chi connectivity index (χ4n) is 3.77. The highest BCUT2D eigenvalue weighted by Crippen LogP contribution is 2.40. The number of Topliss-reactive ketones (excluding diaryl/α,β-unsaturated/α-hetero) is 1. The monoisotopic (exact) mass is 406 g/mol. The predicted octanol–water partition coefficient (Wildman–Crippen LogP) is 4.21. The van der Waals surface area contributed by atoms with Crippen LogP contribution in [0.3, 0.4) is 0 Å². The molecule has 0 bridgehead atoms. The van der Waals surface area contributed by atoms with E-state index in [4.69, 9.17) is 9.15 Å². The Morgan fingerprint density at radius 2 is 2.13 bits per heavy atom. The Morgan fingerprint density at radius 1 is 1.30 bits per heavy atom. The Labute approximate surface area is 173 Å². The second kappa shape index (κ2) is 8.02. The first-order chi connectivity index (χ1) is 14.6. The van der Waals surface area contributed by atoms with Gasteiger partial charge in [0.2, 0.25) is 5.78 Å². The Morgan fingerprint density at radius 3 is 2.83 bits per heavy atom. The minimum atomic E-state index is -0.722. The number of carbonyl (C=O) groups excluding carboxylic acids is 2. The van der Waals surface area contributed by atoms with Gasteiger partial charge in [-0.1, -0.05) is 31.5 Å². The van der Waals surface area contributed by atoms with Crippen LogP contribution < -0.4 is 4.74 Å². The molecule has 1 aliphatic heterocycles. The number of nitrogens with zero attached hydrogens (tertiary/aromatic N) is 2. The van der Waals surface area contributed by atoms with Crippen molar-refractivity contribution in [3.8, 4) is 5.75 Å². The largest absolute Gasteiger partial charge is 0.503 e. The van der Waals surface area contributed by atoms with Crippen molar-refractivity contribution >= 4 is 22.7 Å². The number of methoxy groups -OCH3 is 1. The molecule has 0 fully saturated rings. The standard InChI is InChI=1S/C23H22N2O5/c1-3-4-11-25-19(15-8-6-10-24-13-15)18(21(27)23(25)28)20(26)17-12-14-7-5-9-16(29-2)22(14)30-17/h5-10,12-13,19,27H,3-4,11H2,1-2H3. The maximum absolute atomic E-state index is 13.4. The van der Waals surface area contributed by atoms with Gasteiger partial charge in [-0.05, 0) is 30.2 Å². The normalized spacial score (nSPS) is 16.5. The summed E-state index contributed by atoms with van der Waals surface area (Å²) in [6, 6.07) is 9.74. The first-order valence-corrected chi connectivity index (χ1v) is 9.82. The van der Waals surface area contributed by atoms with Gasteiger partial charge in [0, 0.05) is 24.3 Å². The molecule has 0 aliphatic carbocycles. The first-order valence-electron chi connectivity index (χ1n) is 9.82. The van der Waals surface area contributed by atoms with E-state index in [-0.39, 0.29) is 11.3 Å². The third kappa shape index (κ3) is 3.22. The van der Waals surface area contributed by atoms with Crippen LogP contribution in [0, 0.1) is 0 Å². The minimum Gasteiger partial charge on any atom is -0.503 e. The molecule has 1 N–H and O–H groups in total. The molecule has 3 aromatic rings. The molecule has 1 aromatic carbocycles. The lowest BCUT2D eigenvalue weighted by atomic mass is 9.96. The van der Waals surface area contributed by atoms with Gasteiger partial charge in [0.05, 0.1) is 18.7 Å². The van der Waals surface area contributed by atoms with E-state index in [1.165, 1.54) is 12.0 Å². The quantitative estimate of drug-likeness (QED) is 0.591. The molecule has 7 nitrogen and oxygen atoms in total. The molecule has 1 unspecified atom stereocenters. The van der Waals surface area contributed by atoms with Crippen LogP contribution in [0.1, 0.15) is 41.9 Å². The third-order valence-corrected chi connectivity index (χ3v) is 5.25. The number of hydrogen-bond acceptors (Lipinski definition) is 6. The number of pyridine rings is 1. The van der Waals surface area contributed by atoms with Gasteiger partial charge in [0.15, 0.2) is 22.9 Å². The van der Waals surface area contributed by atoms with Crippen molar-refractivity contribution in [1.82, 2.24) is 9.88 Å². The lowest BCUT2D eigenvalue weighted by Crippen LogP contribution is -2.32. The van der Waals surface area contributed by atoms with Crippen LogP contribution in [-0.4, -0.2) is 40.3 Å². The van der Waals surface area contributed by atoms with Crippen LogP contribution in [-0.2, 0) is 4.79 Å². The Balaban J connectivity index is 1.80. The van der Waals surface area contributed by atoms with Gasteiger partial charge >= 0.3 is 0 Å². The van der Waals surface area contributed by atoms with Gasteiger partial charge in [-0.15, -0.1) is 0 Å². The van der Waals surface area contributed by atoms with Crippen molar-refractivity contribution < 1.29 is 23.8 Å². The van der Waals surface area contributed by atoms with Crippen molar-refractivity contribution in [3.63, 3.8) is 0 Å². The smallest absolute Gasteiger partial charge is 0.290 e. The molecule has 3 heterocycles. The highest BCUT2D eigenvalue weighted by molar-refractivity contribution is 6.16. The molecule has 7 heteroatoms. The summed E-state index contributed by atoms with van der Waals surface area (Å²) in [5, 5.41) is 11.3. The molecule has 0 saturated carbocycles. The second-order valence-corrected chi connectivity index (χ2v) is 7.12. The number of fused-ring (bicyclic) bond motifs is 1. The molecule has 0 spiro atoms. The third-order valence-electron chi connectivity index (χ3n) is 5.25. The molecule has 2 aromatic heterocycles. The summed E-state index contributed by atoms with van der Waals surface area (Å²) in [5.41, 5.74) is 1.10. The maximum atomic E-state index is 13.4. The van der Waals surface area contributed by atoms with Crippen molar-refractivity contribution in [3.05, 3.63) is 71.4 Å². The highest BCUT2D eigenvalue weighted by Gasteiger charge is 2.44. The number of aromatic nitrogens is 1. The van der Waals surface area contributed by atoms with Gasteiger partial charge in [-0.2, -0.15) is 0 Å². The Kier molecular flexibility index (Phi) is 5.27.